The summed E-state index contributed by atoms with van der Waals surface area (Å²) in [6.07, 6.45) is 2.83. The minimum absolute atomic E-state index is 0.0232. The lowest BCUT2D eigenvalue weighted by Crippen LogP contribution is -2.35. The Hall–Kier alpha value is -1.35. The molecular weight excluding hydrogens is 226 g/mol. The Morgan fingerprint density at radius 3 is 2.56 bits per heavy atom. The minimum Gasteiger partial charge on any atom is -0.396 e. The molecule has 0 saturated heterocycles. The van der Waals surface area contributed by atoms with Gasteiger partial charge >= 0.3 is 0 Å². The molecule has 1 aromatic rings. The Morgan fingerprint density at radius 2 is 2.06 bits per heavy atom. The first-order valence-corrected chi connectivity index (χ1v) is 6.64. The maximum Gasteiger partial charge on any atom is 0.227 e. The van der Waals surface area contributed by atoms with E-state index in [1.165, 1.54) is 0 Å². The molecule has 0 radical (unpaired) electrons. The summed E-state index contributed by atoms with van der Waals surface area (Å²) in [7, 11) is 0. The van der Waals surface area contributed by atoms with E-state index in [0.29, 0.717) is 6.54 Å². The van der Waals surface area contributed by atoms with E-state index in [4.69, 9.17) is 0 Å². The Balaban J connectivity index is 1.94. The second kappa shape index (κ2) is 5.53. The van der Waals surface area contributed by atoms with Gasteiger partial charge in [-0.25, -0.2) is 0 Å². The van der Waals surface area contributed by atoms with Gasteiger partial charge in [0, 0.05) is 12.0 Å². The summed E-state index contributed by atoms with van der Waals surface area (Å²) in [5.74, 6) is -0.0101. The second-order valence-corrected chi connectivity index (χ2v) is 5.25. The van der Waals surface area contributed by atoms with Crippen molar-refractivity contribution in [3.63, 3.8) is 0 Å². The lowest BCUT2D eigenvalue weighted by molar-refractivity contribution is -0.123. The van der Waals surface area contributed by atoms with Gasteiger partial charge in [-0.3, -0.25) is 4.79 Å². The summed E-state index contributed by atoms with van der Waals surface area (Å²) in [4.78, 5) is 12.2. The maximum absolute atomic E-state index is 12.2. The lowest BCUT2D eigenvalue weighted by Gasteiger charge is -2.18. The van der Waals surface area contributed by atoms with Gasteiger partial charge in [-0.15, -0.1) is 0 Å². The second-order valence-electron chi connectivity index (χ2n) is 5.25. The van der Waals surface area contributed by atoms with Crippen molar-refractivity contribution in [1.82, 2.24) is 5.32 Å². The first kappa shape index (κ1) is 13.1. The molecule has 1 atom stereocenters. The molecule has 0 bridgehead atoms. The molecule has 1 unspecified atom stereocenters. The van der Waals surface area contributed by atoms with Crippen molar-refractivity contribution in [3.05, 3.63) is 35.9 Å². The zero-order chi connectivity index (χ0) is 13.0. The molecule has 1 fully saturated rings. The molecule has 3 heteroatoms. The van der Waals surface area contributed by atoms with Gasteiger partial charge in [0.15, 0.2) is 0 Å². The molecule has 1 aliphatic rings. The molecule has 0 aromatic heterocycles. The number of hydrogen-bond acceptors (Lipinski definition) is 2. The SMILES string of the molecule is CCC(C(=O)NCC1(CO)CC1)c1ccccc1. The standard InChI is InChI=1S/C15H21NO2/c1-2-13(12-6-4-3-5-7-12)14(18)16-10-15(11-17)8-9-15/h3-7,13,17H,2,8-11H2,1H3,(H,16,18). The molecule has 0 spiro atoms. The van der Waals surface area contributed by atoms with Crippen LogP contribution in [0.3, 0.4) is 0 Å². The molecule has 18 heavy (non-hydrogen) atoms. The monoisotopic (exact) mass is 247 g/mol. The average molecular weight is 247 g/mol. The summed E-state index contributed by atoms with van der Waals surface area (Å²) >= 11 is 0. The number of amides is 1. The van der Waals surface area contributed by atoms with Crippen molar-refractivity contribution < 1.29 is 9.90 Å². The zero-order valence-electron chi connectivity index (χ0n) is 10.9. The zero-order valence-corrected chi connectivity index (χ0v) is 10.9. The van der Waals surface area contributed by atoms with E-state index >= 15 is 0 Å². The molecule has 0 aliphatic heterocycles. The van der Waals surface area contributed by atoms with Gasteiger partial charge < -0.3 is 10.4 Å². The molecule has 1 saturated carbocycles. The molecule has 2 rings (SSSR count). The topological polar surface area (TPSA) is 49.3 Å². The predicted molar refractivity (Wildman–Crippen MR) is 71.2 cm³/mol. The molecule has 3 nitrogen and oxygen atoms in total. The average Bonchev–Trinajstić information content (AvgIpc) is 3.19. The van der Waals surface area contributed by atoms with Gasteiger partial charge in [0.1, 0.15) is 0 Å². The van der Waals surface area contributed by atoms with E-state index in [-0.39, 0.29) is 23.8 Å². The van der Waals surface area contributed by atoms with Gasteiger partial charge in [0.2, 0.25) is 5.91 Å². The van der Waals surface area contributed by atoms with Crippen LogP contribution < -0.4 is 5.32 Å². The highest BCUT2D eigenvalue weighted by atomic mass is 16.3. The molecule has 1 aromatic carbocycles. The third-order valence-electron chi connectivity index (χ3n) is 3.86. The summed E-state index contributed by atoms with van der Waals surface area (Å²) < 4.78 is 0. The molecule has 98 valence electrons. The van der Waals surface area contributed by atoms with Crippen LogP contribution in [-0.2, 0) is 4.79 Å². The lowest BCUT2D eigenvalue weighted by atomic mass is 9.95. The van der Waals surface area contributed by atoms with Gasteiger partial charge in [0.05, 0.1) is 12.5 Å². The van der Waals surface area contributed by atoms with Crippen LogP contribution in [0.5, 0.6) is 0 Å². The minimum atomic E-state index is -0.0827. The fraction of sp³-hybridized carbons (Fsp3) is 0.533. The Kier molecular flexibility index (Phi) is 4.02. The number of hydrogen-bond donors (Lipinski definition) is 2. The quantitative estimate of drug-likeness (QED) is 0.808. The summed E-state index contributed by atoms with van der Waals surface area (Å²) in [5.41, 5.74) is 1.04. The number of aliphatic hydroxyl groups excluding tert-OH is 1. The van der Waals surface area contributed by atoms with Crippen molar-refractivity contribution >= 4 is 5.91 Å². The van der Waals surface area contributed by atoms with Crippen LogP contribution in [0.1, 0.15) is 37.7 Å². The Morgan fingerprint density at radius 1 is 1.39 bits per heavy atom. The maximum atomic E-state index is 12.2. The summed E-state index contributed by atoms with van der Waals surface area (Å²) in [6, 6.07) is 9.86. The van der Waals surface area contributed by atoms with E-state index in [9.17, 15) is 9.90 Å². The highest BCUT2D eigenvalue weighted by Gasteiger charge is 2.42. The first-order valence-electron chi connectivity index (χ1n) is 6.64. The summed E-state index contributed by atoms with van der Waals surface area (Å²) in [6.45, 7) is 2.80. The first-order chi connectivity index (χ1) is 8.71. The molecular formula is C15H21NO2. The largest absolute Gasteiger partial charge is 0.396 e. The number of carbonyl (C=O) groups excluding carboxylic acids is 1. The van der Waals surface area contributed by atoms with Gasteiger partial charge in [-0.1, -0.05) is 37.3 Å². The van der Waals surface area contributed by atoms with Gasteiger partial charge in [0.25, 0.3) is 0 Å². The third-order valence-corrected chi connectivity index (χ3v) is 3.86. The normalized spacial score (nSPS) is 18.1. The van der Waals surface area contributed by atoms with Crippen molar-refractivity contribution in [2.45, 2.75) is 32.1 Å². The highest BCUT2D eigenvalue weighted by Crippen LogP contribution is 2.44. The van der Waals surface area contributed by atoms with Crippen molar-refractivity contribution in [1.29, 1.82) is 0 Å². The van der Waals surface area contributed by atoms with Crippen LogP contribution in [0.2, 0.25) is 0 Å². The summed E-state index contributed by atoms with van der Waals surface area (Å²) in [5, 5.41) is 12.2. The number of carbonyl (C=O) groups is 1. The molecule has 0 heterocycles. The van der Waals surface area contributed by atoms with E-state index in [2.05, 4.69) is 5.32 Å². The highest BCUT2D eigenvalue weighted by molar-refractivity contribution is 5.83. The third kappa shape index (κ3) is 2.91. The molecule has 1 amide bonds. The van der Waals surface area contributed by atoms with E-state index in [1.54, 1.807) is 0 Å². The fourth-order valence-electron chi connectivity index (χ4n) is 2.22. The number of aliphatic hydroxyl groups is 1. The van der Waals surface area contributed by atoms with Crippen molar-refractivity contribution in [2.75, 3.05) is 13.2 Å². The molecule has 1 aliphatic carbocycles. The van der Waals surface area contributed by atoms with Crippen LogP contribution in [-0.4, -0.2) is 24.2 Å². The van der Waals surface area contributed by atoms with E-state index in [1.807, 2.05) is 37.3 Å². The van der Waals surface area contributed by atoms with Crippen molar-refractivity contribution in [3.8, 4) is 0 Å². The number of nitrogens with one attached hydrogen (secondary N) is 1. The Bertz CT molecular complexity index is 398. The Labute approximate surface area is 108 Å². The number of benzene rings is 1. The van der Waals surface area contributed by atoms with Crippen LogP contribution in [0, 0.1) is 5.41 Å². The van der Waals surface area contributed by atoms with E-state index in [0.717, 1.165) is 24.8 Å². The van der Waals surface area contributed by atoms with Crippen molar-refractivity contribution in [2.24, 2.45) is 5.41 Å². The van der Waals surface area contributed by atoms with Crippen LogP contribution in [0.15, 0.2) is 30.3 Å². The van der Waals surface area contributed by atoms with Gasteiger partial charge in [-0.2, -0.15) is 0 Å². The van der Waals surface area contributed by atoms with E-state index < -0.39 is 0 Å². The van der Waals surface area contributed by atoms with Crippen LogP contribution >= 0.6 is 0 Å². The number of rotatable bonds is 6. The predicted octanol–water partition coefficient (Wildman–Crippen LogP) is 2.07. The molecule has 2 N–H and O–H groups in total. The smallest absolute Gasteiger partial charge is 0.227 e. The fourth-order valence-corrected chi connectivity index (χ4v) is 2.22. The van der Waals surface area contributed by atoms with Crippen LogP contribution in [0.25, 0.3) is 0 Å². The van der Waals surface area contributed by atoms with Crippen LogP contribution in [0.4, 0.5) is 0 Å². The van der Waals surface area contributed by atoms with Gasteiger partial charge in [-0.05, 0) is 24.8 Å².